The van der Waals surface area contributed by atoms with Crippen LogP contribution in [-0.4, -0.2) is 59.2 Å². The fourth-order valence-electron chi connectivity index (χ4n) is 3.64. The van der Waals surface area contributed by atoms with Crippen molar-refractivity contribution in [3.05, 3.63) is 29.6 Å². The number of hydrogen-bond acceptors (Lipinski definition) is 7. The van der Waals surface area contributed by atoms with E-state index in [9.17, 15) is 18.0 Å². The minimum Gasteiger partial charge on any atom is -0.335 e. The molecule has 0 atom stereocenters. The van der Waals surface area contributed by atoms with Gasteiger partial charge in [-0.3, -0.25) is 9.59 Å². The summed E-state index contributed by atoms with van der Waals surface area (Å²) in [4.78, 5) is 26.8. The highest BCUT2D eigenvalue weighted by molar-refractivity contribution is 7.99. The Kier molecular flexibility index (Phi) is 8.49. The van der Waals surface area contributed by atoms with E-state index in [0.29, 0.717) is 41.7 Å². The molecule has 0 saturated carbocycles. The van der Waals surface area contributed by atoms with Crippen LogP contribution in [-0.2, 0) is 32.7 Å². The molecule has 1 aliphatic rings. The Hall–Kier alpha value is -2.44. The summed E-state index contributed by atoms with van der Waals surface area (Å²) in [5.41, 5.74) is 0.987. The zero-order chi connectivity index (χ0) is 24.0. The van der Waals surface area contributed by atoms with Crippen molar-refractivity contribution in [2.45, 2.75) is 62.7 Å². The lowest BCUT2D eigenvalue weighted by atomic mass is 10.2. The van der Waals surface area contributed by atoms with Crippen molar-refractivity contribution < 1.29 is 18.0 Å². The molecule has 0 bridgehead atoms. The van der Waals surface area contributed by atoms with Crippen LogP contribution in [0.1, 0.15) is 44.0 Å². The van der Waals surface area contributed by atoms with Gasteiger partial charge >= 0.3 is 0 Å². The van der Waals surface area contributed by atoms with Crippen molar-refractivity contribution in [1.29, 1.82) is 0 Å². The highest BCUT2D eigenvalue weighted by atomic mass is 32.2. The monoisotopic (exact) mass is 494 g/mol. The van der Waals surface area contributed by atoms with Crippen molar-refractivity contribution in [2.24, 2.45) is 0 Å². The second kappa shape index (κ2) is 11.1. The minimum absolute atomic E-state index is 0.0861. The number of nitrogens with zero attached hydrogens (tertiary/aromatic N) is 4. The standard InChI is InChI=1S/C21H30N6O4S2/c1-4-27-18(13-26-11-7-5-6-8-20(26)29)24-25-21(27)32-14-19(28)23-16-10-9-15(2)17(12-16)33(30,31)22-3/h9-10,12,22H,4-8,11,13-14H2,1-3H3,(H,23,28). The number of rotatable bonds is 9. The van der Waals surface area contributed by atoms with Crippen LogP contribution < -0.4 is 10.0 Å². The van der Waals surface area contributed by atoms with Crippen molar-refractivity contribution >= 4 is 39.3 Å². The van der Waals surface area contributed by atoms with E-state index in [0.717, 1.165) is 25.8 Å². The first-order chi connectivity index (χ1) is 15.7. The van der Waals surface area contributed by atoms with Crippen LogP contribution >= 0.6 is 11.8 Å². The molecule has 0 radical (unpaired) electrons. The summed E-state index contributed by atoms with van der Waals surface area (Å²) in [5.74, 6) is 0.648. The fraction of sp³-hybridized carbons (Fsp3) is 0.524. The smallest absolute Gasteiger partial charge is 0.240 e. The Morgan fingerprint density at radius 1 is 1.21 bits per heavy atom. The molecule has 0 spiro atoms. The van der Waals surface area contributed by atoms with E-state index in [1.807, 2.05) is 16.4 Å². The second-order valence-corrected chi connectivity index (χ2v) is 10.6. The van der Waals surface area contributed by atoms with Crippen LogP contribution in [0.15, 0.2) is 28.3 Å². The Balaban J connectivity index is 1.64. The summed E-state index contributed by atoms with van der Waals surface area (Å²) in [6.07, 6.45) is 3.54. The summed E-state index contributed by atoms with van der Waals surface area (Å²) in [7, 11) is -2.28. The Morgan fingerprint density at radius 2 is 2.00 bits per heavy atom. The van der Waals surface area contributed by atoms with Crippen molar-refractivity contribution in [3.63, 3.8) is 0 Å². The lowest BCUT2D eigenvalue weighted by molar-refractivity contribution is -0.131. The molecule has 0 unspecified atom stereocenters. The number of hydrogen-bond donors (Lipinski definition) is 2. The highest BCUT2D eigenvalue weighted by Gasteiger charge is 2.21. The summed E-state index contributed by atoms with van der Waals surface area (Å²) in [6, 6.07) is 4.75. The van der Waals surface area contributed by atoms with Gasteiger partial charge < -0.3 is 14.8 Å². The predicted molar refractivity (Wildman–Crippen MR) is 126 cm³/mol. The molecule has 2 amide bonds. The summed E-state index contributed by atoms with van der Waals surface area (Å²) >= 11 is 1.25. The number of thioether (sulfide) groups is 1. The number of sulfonamides is 1. The molecule has 33 heavy (non-hydrogen) atoms. The maximum atomic E-state index is 12.5. The number of aromatic nitrogens is 3. The first-order valence-corrected chi connectivity index (χ1v) is 13.4. The zero-order valence-electron chi connectivity index (χ0n) is 19.1. The number of aryl methyl sites for hydroxylation is 1. The zero-order valence-corrected chi connectivity index (χ0v) is 20.8. The van der Waals surface area contributed by atoms with Crippen LogP contribution in [0.5, 0.6) is 0 Å². The first-order valence-electron chi connectivity index (χ1n) is 10.9. The number of carbonyl (C=O) groups is 2. The number of likely N-dealkylation sites (tertiary alicyclic amines) is 1. The SMILES string of the molecule is CCn1c(CN2CCCCCC2=O)nnc1SCC(=O)Nc1ccc(C)c(S(=O)(=O)NC)c1. The average Bonchev–Trinajstić information content (AvgIpc) is 3.07. The molecule has 12 heteroatoms. The maximum absolute atomic E-state index is 12.5. The van der Waals surface area contributed by atoms with E-state index in [-0.39, 0.29) is 22.5 Å². The van der Waals surface area contributed by atoms with Crippen LogP contribution in [0.4, 0.5) is 5.69 Å². The van der Waals surface area contributed by atoms with Gasteiger partial charge in [-0.2, -0.15) is 0 Å². The molecule has 1 aromatic carbocycles. The van der Waals surface area contributed by atoms with Gasteiger partial charge in [-0.25, -0.2) is 13.1 Å². The number of anilines is 1. The van der Waals surface area contributed by atoms with Gasteiger partial charge in [0.05, 0.1) is 17.2 Å². The molecule has 1 aliphatic heterocycles. The number of amides is 2. The van der Waals surface area contributed by atoms with Crippen LogP contribution in [0, 0.1) is 6.92 Å². The minimum atomic E-state index is -3.62. The topological polar surface area (TPSA) is 126 Å². The van der Waals surface area contributed by atoms with E-state index in [1.165, 1.54) is 24.9 Å². The van der Waals surface area contributed by atoms with Crippen LogP contribution in [0.25, 0.3) is 0 Å². The van der Waals surface area contributed by atoms with Gasteiger partial charge in [-0.1, -0.05) is 24.2 Å². The lowest BCUT2D eigenvalue weighted by Gasteiger charge is -2.20. The number of nitrogens with one attached hydrogen (secondary N) is 2. The molecule has 10 nitrogen and oxygen atoms in total. The highest BCUT2D eigenvalue weighted by Crippen LogP contribution is 2.22. The Labute approximate surface area is 198 Å². The van der Waals surface area contributed by atoms with Crippen LogP contribution in [0.2, 0.25) is 0 Å². The Morgan fingerprint density at radius 3 is 2.73 bits per heavy atom. The Bertz CT molecular complexity index is 1120. The molecule has 0 aliphatic carbocycles. The molecule has 3 rings (SSSR count). The first kappa shape index (κ1) is 25.2. The normalized spacial score (nSPS) is 14.9. The summed E-state index contributed by atoms with van der Waals surface area (Å²) in [6.45, 7) is 5.43. The lowest BCUT2D eigenvalue weighted by Crippen LogP contribution is -2.31. The molecular formula is C21H30N6O4S2. The quantitative estimate of drug-likeness (QED) is 0.512. The van der Waals surface area contributed by atoms with E-state index < -0.39 is 10.0 Å². The van der Waals surface area contributed by atoms with Gasteiger partial charge in [-0.15, -0.1) is 10.2 Å². The van der Waals surface area contributed by atoms with Gasteiger partial charge in [0.1, 0.15) is 0 Å². The summed E-state index contributed by atoms with van der Waals surface area (Å²) in [5, 5.41) is 11.8. The number of benzene rings is 1. The molecule has 1 fully saturated rings. The molecule has 1 aromatic heterocycles. The van der Waals surface area contributed by atoms with E-state index >= 15 is 0 Å². The largest absolute Gasteiger partial charge is 0.335 e. The number of carbonyl (C=O) groups excluding carboxylic acids is 2. The van der Waals surface area contributed by atoms with Crippen molar-refractivity contribution in [2.75, 3.05) is 24.7 Å². The third-order valence-corrected chi connectivity index (χ3v) is 8.00. The molecule has 180 valence electrons. The predicted octanol–water partition coefficient (Wildman–Crippen LogP) is 2.15. The second-order valence-electron chi connectivity index (χ2n) is 7.79. The maximum Gasteiger partial charge on any atom is 0.240 e. The molecule has 1 saturated heterocycles. The fourth-order valence-corrected chi connectivity index (χ4v) is 5.46. The third kappa shape index (κ3) is 6.33. The van der Waals surface area contributed by atoms with Gasteiger partial charge in [0.25, 0.3) is 0 Å². The molecule has 2 N–H and O–H groups in total. The van der Waals surface area contributed by atoms with Gasteiger partial charge in [-0.05, 0) is 51.4 Å². The molecule has 2 heterocycles. The van der Waals surface area contributed by atoms with Crippen molar-refractivity contribution in [3.8, 4) is 0 Å². The van der Waals surface area contributed by atoms with E-state index in [1.54, 1.807) is 19.1 Å². The van der Waals surface area contributed by atoms with Gasteiger partial charge in [0.2, 0.25) is 21.8 Å². The molecular weight excluding hydrogens is 464 g/mol. The summed E-state index contributed by atoms with van der Waals surface area (Å²) < 4.78 is 28.5. The van der Waals surface area contributed by atoms with E-state index in [4.69, 9.17) is 0 Å². The van der Waals surface area contributed by atoms with Gasteiger partial charge in [0.15, 0.2) is 11.0 Å². The van der Waals surface area contributed by atoms with E-state index in [2.05, 4.69) is 20.2 Å². The van der Waals surface area contributed by atoms with Crippen LogP contribution in [0.3, 0.4) is 0 Å². The van der Waals surface area contributed by atoms with Crippen molar-refractivity contribution in [1.82, 2.24) is 24.4 Å². The average molecular weight is 495 g/mol. The molecule has 2 aromatic rings. The third-order valence-electron chi connectivity index (χ3n) is 5.48. The van der Waals surface area contributed by atoms with Gasteiger partial charge in [0, 0.05) is 25.2 Å².